The number of ether oxygens (including phenoxy) is 1. The number of hydrogen-bond donors (Lipinski definition) is 2. The molecule has 0 spiro atoms. The van der Waals surface area contributed by atoms with Crippen LogP contribution in [-0.4, -0.2) is 23.4 Å². The van der Waals surface area contributed by atoms with E-state index in [-0.39, 0.29) is 11.7 Å². The predicted octanol–water partition coefficient (Wildman–Crippen LogP) is 3.92. The molecule has 0 atom stereocenters. The minimum atomic E-state index is -4.78. The highest BCUT2D eigenvalue weighted by atomic mass is 19.4. The molecule has 0 aliphatic carbocycles. The summed E-state index contributed by atoms with van der Waals surface area (Å²) in [6.45, 7) is 1.44. The maximum absolute atomic E-state index is 12.6. The SMILES string of the molecule is NCc1ccc(-c2c(-c3cccc(OC(F)(F)F)c3)cc3n2CCNC3=O)cc1. The third-order valence-electron chi connectivity index (χ3n) is 4.79. The van der Waals surface area contributed by atoms with Crippen LogP contribution in [-0.2, 0) is 13.1 Å². The Morgan fingerprint density at radius 3 is 2.52 bits per heavy atom. The summed E-state index contributed by atoms with van der Waals surface area (Å²) in [5.41, 5.74) is 9.89. The third kappa shape index (κ3) is 3.84. The standard InChI is InChI=1S/C21H18F3N3O2/c22-21(23,24)29-16-3-1-2-15(10-16)17-11-18-20(28)26-8-9-27(18)19(17)14-6-4-13(12-25)5-7-14/h1-7,10-11H,8-9,12,25H2,(H,26,28). The topological polar surface area (TPSA) is 69.3 Å². The van der Waals surface area contributed by atoms with Gasteiger partial charge in [-0.05, 0) is 34.9 Å². The number of nitrogens with two attached hydrogens (primary N) is 1. The van der Waals surface area contributed by atoms with Gasteiger partial charge in [-0.1, -0.05) is 36.4 Å². The molecule has 3 aromatic rings. The Morgan fingerprint density at radius 1 is 1.07 bits per heavy atom. The van der Waals surface area contributed by atoms with E-state index in [0.29, 0.717) is 36.5 Å². The molecule has 8 heteroatoms. The minimum Gasteiger partial charge on any atom is -0.406 e. The monoisotopic (exact) mass is 401 g/mol. The molecule has 0 bridgehead atoms. The molecule has 5 nitrogen and oxygen atoms in total. The van der Waals surface area contributed by atoms with Gasteiger partial charge in [0.25, 0.3) is 5.91 Å². The van der Waals surface area contributed by atoms with E-state index in [1.165, 1.54) is 18.2 Å². The van der Waals surface area contributed by atoms with Gasteiger partial charge in [-0.15, -0.1) is 13.2 Å². The molecule has 4 rings (SSSR count). The second kappa shape index (κ2) is 7.29. The Morgan fingerprint density at radius 2 is 1.83 bits per heavy atom. The number of carbonyl (C=O) groups excluding carboxylic acids is 1. The molecular formula is C21H18F3N3O2. The lowest BCUT2D eigenvalue weighted by Gasteiger charge is -2.19. The maximum atomic E-state index is 12.6. The number of fused-ring (bicyclic) bond motifs is 1. The summed E-state index contributed by atoms with van der Waals surface area (Å²) in [6.07, 6.45) is -4.78. The van der Waals surface area contributed by atoms with Crippen molar-refractivity contribution in [2.24, 2.45) is 5.73 Å². The van der Waals surface area contributed by atoms with Crippen LogP contribution in [0.25, 0.3) is 22.4 Å². The van der Waals surface area contributed by atoms with Gasteiger partial charge >= 0.3 is 6.36 Å². The molecule has 1 aromatic heterocycles. The van der Waals surface area contributed by atoms with Crippen molar-refractivity contribution in [3.05, 3.63) is 65.9 Å². The van der Waals surface area contributed by atoms with Gasteiger partial charge in [-0.25, -0.2) is 0 Å². The number of benzene rings is 2. The number of carbonyl (C=O) groups is 1. The maximum Gasteiger partial charge on any atom is 0.573 e. The van der Waals surface area contributed by atoms with E-state index in [1.807, 2.05) is 28.8 Å². The number of halogens is 3. The molecule has 0 saturated heterocycles. The van der Waals surface area contributed by atoms with Crippen molar-refractivity contribution in [3.8, 4) is 28.1 Å². The lowest BCUT2D eigenvalue weighted by atomic mass is 10.00. The minimum absolute atomic E-state index is 0.218. The second-order valence-electron chi connectivity index (χ2n) is 6.68. The van der Waals surface area contributed by atoms with Crippen molar-refractivity contribution in [2.45, 2.75) is 19.5 Å². The Hall–Kier alpha value is -3.26. The number of rotatable bonds is 4. The van der Waals surface area contributed by atoms with Crippen molar-refractivity contribution in [3.63, 3.8) is 0 Å². The largest absolute Gasteiger partial charge is 0.573 e. The van der Waals surface area contributed by atoms with E-state index < -0.39 is 6.36 Å². The molecule has 1 aliphatic rings. The van der Waals surface area contributed by atoms with Crippen molar-refractivity contribution >= 4 is 5.91 Å². The normalized spacial score (nSPS) is 13.7. The Bertz CT molecular complexity index is 1060. The van der Waals surface area contributed by atoms with Crippen LogP contribution in [0, 0.1) is 0 Å². The highest BCUT2D eigenvalue weighted by Gasteiger charge is 2.31. The fourth-order valence-corrected chi connectivity index (χ4v) is 3.53. The van der Waals surface area contributed by atoms with E-state index in [2.05, 4.69) is 10.1 Å². The molecule has 1 amide bonds. The van der Waals surface area contributed by atoms with Gasteiger partial charge in [-0.3, -0.25) is 4.79 Å². The molecule has 0 radical (unpaired) electrons. The number of nitrogens with zero attached hydrogens (tertiary/aromatic N) is 1. The van der Waals surface area contributed by atoms with Crippen LogP contribution in [0.5, 0.6) is 5.75 Å². The molecule has 3 N–H and O–H groups in total. The fourth-order valence-electron chi connectivity index (χ4n) is 3.53. The van der Waals surface area contributed by atoms with Gasteiger partial charge in [0.15, 0.2) is 0 Å². The molecule has 29 heavy (non-hydrogen) atoms. The summed E-state index contributed by atoms with van der Waals surface area (Å²) in [4.78, 5) is 12.3. The van der Waals surface area contributed by atoms with Gasteiger partial charge in [-0.2, -0.15) is 0 Å². The van der Waals surface area contributed by atoms with Crippen molar-refractivity contribution in [1.82, 2.24) is 9.88 Å². The molecule has 150 valence electrons. The molecule has 0 fully saturated rings. The van der Waals surface area contributed by atoms with Crippen LogP contribution in [0.3, 0.4) is 0 Å². The van der Waals surface area contributed by atoms with E-state index in [4.69, 9.17) is 5.73 Å². The fraction of sp³-hybridized carbons (Fsp3) is 0.190. The molecular weight excluding hydrogens is 383 g/mol. The van der Waals surface area contributed by atoms with Crippen molar-refractivity contribution in [2.75, 3.05) is 6.54 Å². The lowest BCUT2D eigenvalue weighted by Crippen LogP contribution is -2.35. The second-order valence-corrected chi connectivity index (χ2v) is 6.68. The first-order chi connectivity index (χ1) is 13.9. The van der Waals surface area contributed by atoms with Crippen LogP contribution < -0.4 is 15.8 Å². The number of alkyl halides is 3. The smallest absolute Gasteiger partial charge is 0.406 e. The van der Waals surface area contributed by atoms with E-state index in [0.717, 1.165) is 16.8 Å². The predicted molar refractivity (Wildman–Crippen MR) is 102 cm³/mol. The zero-order valence-electron chi connectivity index (χ0n) is 15.3. The Balaban J connectivity index is 1.87. The first-order valence-corrected chi connectivity index (χ1v) is 9.03. The van der Waals surface area contributed by atoms with Gasteiger partial charge < -0.3 is 20.4 Å². The number of hydrogen-bond acceptors (Lipinski definition) is 3. The van der Waals surface area contributed by atoms with Gasteiger partial charge in [0.2, 0.25) is 0 Å². The summed E-state index contributed by atoms with van der Waals surface area (Å²) in [5.74, 6) is -0.530. The summed E-state index contributed by atoms with van der Waals surface area (Å²) < 4.78 is 43.9. The van der Waals surface area contributed by atoms with Gasteiger partial charge in [0, 0.05) is 25.2 Å². The van der Waals surface area contributed by atoms with E-state index >= 15 is 0 Å². The van der Waals surface area contributed by atoms with Crippen LogP contribution in [0.2, 0.25) is 0 Å². The molecule has 2 aromatic carbocycles. The first kappa shape index (κ1) is 19.1. The Kier molecular flexibility index (Phi) is 4.79. The van der Waals surface area contributed by atoms with Gasteiger partial charge in [0.1, 0.15) is 11.4 Å². The van der Waals surface area contributed by atoms with Crippen molar-refractivity contribution in [1.29, 1.82) is 0 Å². The van der Waals surface area contributed by atoms with Crippen LogP contribution in [0.1, 0.15) is 16.1 Å². The molecule has 1 aliphatic heterocycles. The molecule has 2 heterocycles. The van der Waals surface area contributed by atoms with Crippen LogP contribution in [0.15, 0.2) is 54.6 Å². The third-order valence-corrected chi connectivity index (χ3v) is 4.79. The molecule has 0 unspecified atom stereocenters. The van der Waals surface area contributed by atoms with E-state index in [9.17, 15) is 18.0 Å². The van der Waals surface area contributed by atoms with E-state index in [1.54, 1.807) is 12.1 Å². The lowest BCUT2D eigenvalue weighted by molar-refractivity contribution is -0.274. The van der Waals surface area contributed by atoms with Gasteiger partial charge in [0.05, 0.1) is 5.69 Å². The zero-order valence-corrected chi connectivity index (χ0v) is 15.3. The highest BCUT2D eigenvalue weighted by Crippen LogP contribution is 2.38. The Labute approximate surface area is 164 Å². The summed E-state index contributed by atoms with van der Waals surface area (Å²) >= 11 is 0. The zero-order chi connectivity index (χ0) is 20.6. The summed E-state index contributed by atoms with van der Waals surface area (Å²) in [7, 11) is 0. The average Bonchev–Trinajstić information content (AvgIpc) is 3.08. The highest BCUT2D eigenvalue weighted by molar-refractivity contribution is 5.98. The first-order valence-electron chi connectivity index (χ1n) is 9.03. The van der Waals surface area contributed by atoms with Crippen LogP contribution in [0.4, 0.5) is 13.2 Å². The summed E-state index contributed by atoms with van der Waals surface area (Å²) in [5, 5.41) is 2.79. The number of aromatic nitrogens is 1. The number of nitrogens with one attached hydrogen (secondary N) is 1. The quantitative estimate of drug-likeness (QED) is 0.696. The van der Waals surface area contributed by atoms with Crippen molar-refractivity contribution < 1.29 is 22.7 Å². The van der Waals surface area contributed by atoms with Crippen LogP contribution >= 0.6 is 0 Å². The summed E-state index contributed by atoms with van der Waals surface area (Å²) in [6, 6.07) is 15.0. The number of amides is 1. The molecule has 0 saturated carbocycles. The average molecular weight is 401 g/mol.